The van der Waals surface area contributed by atoms with E-state index in [-0.39, 0.29) is 28.1 Å². The Morgan fingerprint density at radius 3 is 2.32 bits per heavy atom. The Labute approximate surface area is 354 Å². The van der Waals surface area contributed by atoms with Crippen molar-refractivity contribution in [3.8, 4) is 11.1 Å². The number of nitrogens with one attached hydrogen (secondary N) is 2. The maximum atomic E-state index is 13.8. The van der Waals surface area contributed by atoms with Gasteiger partial charge in [0, 0.05) is 71.4 Å². The topological polar surface area (TPSA) is 137 Å². The first kappa shape index (κ1) is 42.0. The summed E-state index contributed by atoms with van der Waals surface area (Å²) in [5.41, 5.74) is 5.30. The number of nitro groups is 1. The normalized spacial score (nSPS) is 14.1. The lowest BCUT2D eigenvalue weighted by molar-refractivity contribution is -0.384. The van der Waals surface area contributed by atoms with E-state index in [4.69, 9.17) is 0 Å². The van der Waals surface area contributed by atoms with E-state index in [2.05, 4.69) is 83.4 Å². The third-order valence-corrected chi connectivity index (χ3v) is 13.6. The van der Waals surface area contributed by atoms with Crippen LogP contribution in [0.3, 0.4) is 0 Å². The van der Waals surface area contributed by atoms with E-state index in [1.807, 2.05) is 68.7 Å². The molecule has 0 spiro atoms. The highest BCUT2D eigenvalue weighted by Gasteiger charge is 2.25. The van der Waals surface area contributed by atoms with Crippen molar-refractivity contribution in [2.75, 3.05) is 73.8 Å². The summed E-state index contributed by atoms with van der Waals surface area (Å²) in [7, 11) is -0.303. The second-order valence-corrected chi connectivity index (χ2v) is 18.3. The molecule has 1 saturated heterocycles. The number of anilines is 3. The van der Waals surface area contributed by atoms with Crippen molar-refractivity contribution in [1.82, 2.24) is 19.8 Å². The fraction of sp³-hybridized carbons (Fsp3) is 0.273. The molecule has 7 rings (SSSR count). The molecule has 59 heavy (non-hydrogen) atoms. The smallest absolute Gasteiger partial charge is 0.293 e. The van der Waals surface area contributed by atoms with Gasteiger partial charge in [-0.05, 0) is 105 Å². The number of nitrogens with zero attached hydrogens (tertiary/aromatic N) is 6. The molecule has 1 aliphatic rings. The zero-order valence-corrected chi connectivity index (χ0v) is 35.8. The molecule has 0 radical (unpaired) electrons. The van der Waals surface area contributed by atoms with E-state index in [0.717, 1.165) is 62.3 Å². The molecule has 5 aromatic carbocycles. The van der Waals surface area contributed by atoms with Gasteiger partial charge in [-0.1, -0.05) is 54.6 Å². The van der Waals surface area contributed by atoms with Crippen LogP contribution in [0.1, 0.15) is 12.0 Å². The molecule has 6 aromatic rings. The number of piperazine rings is 1. The molecule has 2 heterocycles. The van der Waals surface area contributed by atoms with Crippen LogP contribution in [0.25, 0.3) is 22.0 Å². The van der Waals surface area contributed by atoms with Gasteiger partial charge in [0.2, 0.25) is 0 Å². The number of thioether (sulfide) groups is 2. The molecule has 1 aliphatic heterocycles. The maximum absolute atomic E-state index is 13.8. The Kier molecular flexibility index (Phi) is 13.7. The fourth-order valence-electron chi connectivity index (χ4n) is 7.14. The third kappa shape index (κ3) is 10.7. The lowest BCUT2D eigenvalue weighted by atomic mass is 9.99. The molecule has 15 heteroatoms. The van der Waals surface area contributed by atoms with Crippen molar-refractivity contribution < 1.29 is 13.3 Å². The van der Waals surface area contributed by atoms with Crippen molar-refractivity contribution in [2.45, 2.75) is 33.7 Å². The molecule has 12 nitrogen and oxygen atoms in total. The average Bonchev–Trinajstić information content (AvgIpc) is 3.25. The van der Waals surface area contributed by atoms with E-state index in [1.54, 1.807) is 23.5 Å². The summed E-state index contributed by atoms with van der Waals surface area (Å²) in [6, 6.07) is 36.8. The molecule has 0 saturated carbocycles. The SMILES string of the molecule is CSc1ccc(-c2ccccc2)c(CN2CCN(c3ccc4c(NS(=O)(=O)c5ccc(N[C@H](CCN(C)C)CSc6ccccc6)c([N+](=O)[O-])c5)ncnc4c3)CC2)c1. The van der Waals surface area contributed by atoms with E-state index >= 15 is 0 Å². The lowest BCUT2D eigenvalue weighted by Gasteiger charge is -2.36. The summed E-state index contributed by atoms with van der Waals surface area (Å²) in [6.07, 6.45) is 4.16. The van der Waals surface area contributed by atoms with Gasteiger partial charge < -0.3 is 15.1 Å². The van der Waals surface area contributed by atoms with E-state index in [9.17, 15) is 18.5 Å². The quantitative estimate of drug-likeness (QED) is 0.0517. The monoisotopic (exact) mass is 848 g/mol. The van der Waals surface area contributed by atoms with Gasteiger partial charge in [0.15, 0.2) is 5.82 Å². The van der Waals surface area contributed by atoms with Gasteiger partial charge in [0.05, 0.1) is 15.3 Å². The molecular weight excluding hydrogens is 801 g/mol. The van der Waals surface area contributed by atoms with Gasteiger partial charge in [0.25, 0.3) is 15.7 Å². The van der Waals surface area contributed by atoms with Gasteiger partial charge in [-0.25, -0.2) is 18.4 Å². The number of fused-ring (bicyclic) bond motifs is 1. The Balaban J connectivity index is 1.03. The van der Waals surface area contributed by atoms with Gasteiger partial charge in [0.1, 0.15) is 12.0 Å². The summed E-state index contributed by atoms with van der Waals surface area (Å²) in [5, 5.41) is 16.2. The first-order valence-corrected chi connectivity index (χ1v) is 23.1. The Morgan fingerprint density at radius 1 is 0.864 bits per heavy atom. The van der Waals surface area contributed by atoms with Crippen molar-refractivity contribution in [2.24, 2.45) is 0 Å². The van der Waals surface area contributed by atoms with Crippen molar-refractivity contribution in [3.63, 3.8) is 0 Å². The number of sulfonamides is 1. The van der Waals surface area contributed by atoms with E-state index in [1.165, 1.54) is 40.0 Å². The van der Waals surface area contributed by atoms with Crippen LogP contribution in [0.15, 0.2) is 136 Å². The largest absolute Gasteiger partial charge is 0.376 e. The zero-order valence-electron chi connectivity index (χ0n) is 33.3. The van der Waals surface area contributed by atoms with Crippen LogP contribution in [0.2, 0.25) is 0 Å². The number of rotatable bonds is 17. The highest BCUT2D eigenvalue weighted by atomic mass is 32.2. The van der Waals surface area contributed by atoms with Crippen molar-refractivity contribution in [1.29, 1.82) is 0 Å². The molecule has 0 bridgehead atoms. The zero-order chi connectivity index (χ0) is 41.4. The van der Waals surface area contributed by atoms with Crippen LogP contribution in [-0.2, 0) is 16.6 Å². The number of benzene rings is 5. The van der Waals surface area contributed by atoms with Crippen molar-refractivity contribution >= 4 is 67.3 Å². The van der Waals surface area contributed by atoms with Crippen LogP contribution in [0, 0.1) is 10.1 Å². The third-order valence-electron chi connectivity index (χ3n) is 10.3. The van der Waals surface area contributed by atoms with Gasteiger partial charge in [-0.3, -0.25) is 19.7 Å². The summed E-state index contributed by atoms with van der Waals surface area (Å²) in [6.45, 7) is 5.04. The first-order chi connectivity index (χ1) is 28.6. The van der Waals surface area contributed by atoms with Crippen molar-refractivity contribution in [3.05, 3.63) is 137 Å². The molecule has 306 valence electrons. The van der Waals surface area contributed by atoms with Crippen LogP contribution in [-0.4, -0.2) is 98.0 Å². The lowest BCUT2D eigenvalue weighted by Crippen LogP contribution is -2.46. The number of nitro benzene ring substituents is 1. The second kappa shape index (κ2) is 19.3. The molecule has 0 aliphatic carbocycles. The van der Waals surface area contributed by atoms with Crippen LogP contribution < -0.4 is 14.9 Å². The molecule has 0 unspecified atom stereocenters. The van der Waals surface area contributed by atoms with E-state index < -0.39 is 14.9 Å². The Bertz CT molecular complexity index is 2490. The summed E-state index contributed by atoms with van der Waals surface area (Å²) in [5.74, 6) is 0.762. The highest BCUT2D eigenvalue weighted by Crippen LogP contribution is 2.33. The van der Waals surface area contributed by atoms with Crippen LogP contribution >= 0.6 is 23.5 Å². The maximum Gasteiger partial charge on any atom is 0.293 e. The minimum Gasteiger partial charge on any atom is -0.376 e. The summed E-state index contributed by atoms with van der Waals surface area (Å²) < 4.78 is 30.1. The molecule has 1 fully saturated rings. The van der Waals surface area contributed by atoms with Crippen LogP contribution in [0.5, 0.6) is 0 Å². The summed E-state index contributed by atoms with van der Waals surface area (Å²) in [4.78, 5) is 29.5. The predicted molar refractivity (Wildman–Crippen MR) is 242 cm³/mol. The van der Waals surface area contributed by atoms with Gasteiger partial charge in [-0.15, -0.1) is 23.5 Å². The number of hydrogen-bond acceptors (Lipinski definition) is 12. The Morgan fingerprint density at radius 2 is 1.61 bits per heavy atom. The first-order valence-electron chi connectivity index (χ1n) is 19.4. The Hall–Kier alpha value is -5.19. The van der Waals surface area contributed by atoms with E-state index in [0.29, 0.717) is 16.7 Å². The van der Waals surface area contributed by atoms with Gasteiger partial charge >= 0.3 is 0 Å². The van der Waals surface area contributed by atoms with Gasteiger partial charge in [-0.2, -0.15) is 0 Å². The minimum absolute atomic E-state index is 0.0969. The highest BCUT2D eigenvalue weighted by molar-refractivity contribution is 7.99. The molecule has 0 amide bonds. The second-order valence-electron chi connectivity index (χ2n) is 14.7. The standard InChI is InChI=1S/C44H48N8O4S3/c1-49(2)21-20-34(30-58-36-12-8-5-9-13-36)47-41-19-16-38(28-43(41)52(53)54)59(55,56)48-44-40-17-14-35(27-42(40)45-31-46-44)51-24-22-50(23-25-51)29-33-26-37(57-3)15-18-39(33)32-10-6-4-7-11-32/h4-19,26-28,31,34,47H,20-25,29-30H2,1-3H3,(H,45,46,48)/t34-/m1/s1. The molecule has 1 aromatic heterocycles. The fourth-order valence-corrected chi connectivity index (χ4v) is 9.64. The minimum atomic E-state index is -4.26. The predicted octanol–water partition coefficient (Wildman–Crippen LogP) is 8.57. The molecule has 1 atom stereocenters. The van der Waals surface area contributed by atoms with Crippen LogP contribution in [0.4, 0.5) is 22.9 Å². The summed E-state index contributed by atoms with van der Waals surface area (Å²) >= 11 is 3.41. The molecule has 2 N–H and O–H groups in total. The molecular formula is C44H48N8O4S3. The number of aromatic nitrogens is 2. The average molecular weight is 849 g/mol. The number of hydrogen-bond donors (Lipinski definition) is 2.